The highest BCUT2D eigenvalue weighted by atomic mass is 16.1. The SMILES string of the molecule is O=C(CC1CCNCC1)Nc1cccc2cnccc12. The maximum Gasteiger partial charge on any atom is 0.224 e. The van der Waals surface area contributed by atoms with Gasteiger partial charge in [-0.05, 0) is 44.0 Å². The lowest BCUT2D eigenvalue weighted by molar-refractivity contribution is -0.117. The fourth-order valence-electron chi connectivity index (χ4n) is 2.78. The molecule has 0 saturated carbocycles. The fraction of sp³-hybridized carbons (Fsp3) is 0.375. The minimum atomic E-state index is 0.112. The molecular weight excluding hydrogens is 250 g/mol. The smallest absolute Gasteiger partial charge is 0.224 e. The molecule has 2 N–H and O–H groups in total. The van der Waals surface area contributed by atoms with Crippen LogP contribution in [0.1, 0.15) is 19.3 Å². The third-order valence-corrected chi connectivity index (χ3v) is 3.89. The van der Waals surface area contributed by atoms with E-state index in [1.54, 1.807) is 6.20 Å². The Labute approximate surface area is 118 Å². The summed E-state index contributed by atoms with van der Waals surface area (Å²) in [5.74, 6) is 0.620. The first kappa shape index (κ1) is 13.1. The minimum absolute atomic E-state index is 0.112. The third kappa shape index (κ3) is 2.96. The first-order valence-electron chi connectivity index (χ1n) is 7.16. The highest BCUT2D eigenvalue weighted by Crippen LogP contribution is 2.23. The molecular formula is C16H19N3O. The largest absolute Gasteiger partial charge is 0.326 e. The number of benzene rings is 1. The molecule has 1 aromatic carbocycles. The van der Waals surface area contributed by atoms with E-state index in [0.29, 0.717) is 12.3 Å². The standard InChI is InChI=1S/C16H19N3O/c20-16(10-12-4-7-17-8-5-12)19-15-3-1-2-13-11-18-9-6-14(13)15/h1-3,6,9,11-12,17H,4-5,7-8,10H2,(H,19,20). The molecule has 4 nitrogen and oxygen atoms in total. The lowest BCUT2D eigenvalue weighted by atomic mass is 9.94. The van der Waals surface area contributed by atoms with Gasteiger partial charge in [0.25, 0.3) is 0 Å². The topological polar surface area (TPSA) is 54.0 Å². The molecule has 2 heterocycles. The molecule has 1 aliphatic rings. The number of amides is 1. The number of rotatable bonds is 3. The number of nitrogens with one attached hydrogen (secondary N) is 2. The summed E-state index contributed by atoms with van der Waals surface area (Å²) in [5.41, 5.74) is 0.879. The molecule has 1 amide bonds. The second-order valence-corrected chi connectivity index (χ2v) is 5.35. The van der Waals surface area contributed by atoms with Crippen molar-refractivity contribution >= 4 is 22.4 Å². The van der Waals surface area contributed by atoms with E-state index in [1.807, 2.05) is 30.5 Å². The zero-order chi connectivity index (χ0) is 13.8. The van der Waals surface area contributed by atoms with Gasteiger partial charge in [-0.15, -0.1) is 0 Å². The molecule has 1 fully saturated rings. The number of aromatic nitrogens is 1. The number of anilines is 1. The van der Waals surface area contributed by atoms with Crippen LogP contribution in [0.25, 0.3) is 10.8 Å². The van der Waals surface area contributed by atoms with Gasteiger partial charge < -0.3 is 10.6 Å². The average Bonchev–Trinajstić information content (AvgIpc) is 2.48. The average molecular weight is 269 g/mol. The minimum Gasteiger partial charge on any atom is -0.326 e. The zero-order valence-corrected chi connectivity index (χ0v) is 11.4. The number of carbonyl (C=O) groups excluding carboxylic acids is 1. The van der Waals surface area contributed by atoms with Gasteiger partial charge >= 0.3 is 0 Å². The van der Waals surface area contributed by atoms with Crippen molar-refractivity contribution in [3.8, 4) is 0 Å². The van der Waals surface area contributed by atoms with Gasteiger partial charge in [-0.1, -0.05) is 12.1 Å². The van der Waals surface area contributed by atoms with Crippen LogP contribution < -0.4 is 10.6 Å². The van der Waals surface area contributed by atoms with E-state index >= 15 is 0 Å². The Morgan fingerprint density at radius 3 is 3.00 bits per heavy atom. The molecule has 20 heavy (non-hydrogen) atoms. The molecule has 0 spiro atoms. The van der Waals surface area contributed by atoms with E-state index in [0.717, 1.165) is 42.4 Å². The van der Waals surface area contributed by atoms with Crippen molar-refractivity contribution in [2.45, 2.75) is 19.3 Å². The predicted molar refractivity (Wildman–Crippen MR) is 80.6 cm³/mol. The normalized spacial score (nSPS) is 16.2. The number of carbonyl (C=O) groups is 1. The molecule has 0 unspecified atom stereocenters. The Kier molecular flexibility index (Phi) is 3.92. The van der Waals surface area contributed by atoms with Gasteiger partial charge in [0.05, 0.1) is 0 Å². The van der Waals surface area contributed by atoms with E-state index in [9.17, 15) is 4.79 Å². The van der Waals surface area contributed by atoms with Crippen molar-refractivity contribution in [2.75, 3.05) is 18.4 Å². The van der Waals surface area contributed by atoms with E-state index in [1.165, 1.54) is 0 Å². The lowest BCUT2D eigenvalue weighted by Crippen LogP contribution is -2.30. The second kappa shape index (κ2) is 6.01. The van der Waals surface area contributed by atoms with E-state index < -0.39 is 0 Å². The van der Waals surface area contributed by atoms with Crippen LogP contribution in [0, 0.1) is 5.92 Å². The summed E-state index contributed by atoms with van der Waals surface area (Å²) in [6, 6.07) is 7.84. The molecule has 0 atom stereocenters. The Bertz CT molecular complexity index is 600. The Morgan fingerprint density at radius 1 is 1.30 bits per heavy atom. The van der Waals surface area contributed by atoms with Crippen molar-refractivity contribution in [3.05, 3.63) is 36.7 Å². The lowest BCUT2D eigenvalue weighted by Gasteiger charge is -2.22. The van der Waals surface area contributed by atoms with E-state index in [4.69, 9.17) is 0 Å². The zero-order valence-electron chi connectivity index (χ0n) is 11.4. The molecule has 3 rings (SSSR count). The van der Waals surface area contributed by atoms with Crippen LogP contribution >= 0.6 is 0 Å². The van der Waals surface area contributed by atoms with Crippen molar-refractivity contribution in [2.24, 2.45) is 5.92 Å². The van der Waals surface area contributed by atoms with E-state index in [2.05, 4.69) is 15.6 Å². The summed E-state index contributed by atoms with van der Waals surface area (Å²) in [4.78, 5) is 16.3. The monoisotopic (exact) mass is 269 g/mol. The fourth-order valence-corrected chi connectivity index (χ4v) is 2.78. The number of hydrogen-bond donors (Lipinski definition) is 2. The van der Waals surface area contributed by atoms with Crippen LogP contribution in [0.15, 0.2) is 36.7 Å². The summed E-state index contributed by atoms with van der Waals surface area (Å²) in [7, 11) is 0. The number of pyridine rings is 1. The Hall–Kier alpha value is -1.94. The Balaban J connectivity index is 1.71. The number of hydrogen-bond acceptors (Lipinski definition) is 3. The number of fused-ring (bicyclic) bond motifs is 1. The third-order valence-electron chi connectivity index (χ3n) is 3.89. The number of piperidine rings is 1. The van der Waals surface area contributed by atoms with Crippen LogP contribution in [0.5, 0.6) is 0 Å². The summed E-state index contributed by atoms with van der Waals surface area (Å²) in [5, 5.41) is 8.46. The summed E-state index contributed by atoms with van der Waals surface area (Å²) in [6.45, 7) is 2.05. The van der Waals surface area contributed by atoms with Crippen LogP contribution in [-0.4, -0.2) is 24.0 Å². The first-order chi connectivity index (χ1) is 9.83. The highest BCUT2D eigenvalue weighted by molar-refractivity contribution is 6.01. The van der Waals surface area contributed by atoms with Gasteiger partial charge in [-0.3, -0.25) is 9.78 Å². The van der Waals surface area contributed by atoms with Crippen LogP contribution in [0.2, 0.25) is 0 Å². The van der Waals surface area contributed by atoms with Gasteiger partial charge in [0.2, 0.25) is 5.91 Å². The Morgan fingerprint density at radius 2 is 2.15 bits per heavy atom. The summed E-state index contributed by atoms with van der Waals surface area (Å²) < 4.78 is 0. The van der Waals surface area contributed by atoms with Crippen LogP contribution in [0.3, 0.4) is 0 Å². The summed E-state index contributed by atoms with van der Waals surface area (Å²) >= 11 is 0. The first-order valence-corrected chi connectivity index (χ1v) is 7.16. The molecule has 1 aliphatic heterocycles. The summed E-state index contributed by atoms with van der Waals surface area (Å²) in [6.07, 6.45) is 6.37. The van der Waals surface area contributed by atoms with Crippen LogP contribution in [0.4, 0.5) is 5.69 Å². The second-order valence-electron chi connectivity index (χ2n) is 5.35. The van der Waals surface area contributed by atoms with Crippen LogP contribution in [-0.2, 0) is 4.79 Å². The molecule has 1 saturated heterocycles. The van der Waals surface area contributed by atoms with Gasteiger partial charge in [0.15, 0.2) is 0 Å². The molecule has 104 valence electrons. The molecule has 4 heteroatoms. The van der Waals surface area contributed by atoms with Crippen molar-refractivity contribution < 1.29 is 4.79 Å². The molecule has 0 aliphatic carbocycles. The molecule has 2 aromatic rings. The van der Waals surface area contributed by atoms with Crippen molar-refractivity contribution in [3.63, 3.8) is 0 Å². The molecule has 0 bridgehead atoms. The number of nitrogens with zero attached hydrogens (tertiary/aromatic N) is 1. The maximum atomic E-state index is 12.2. The van der Waals surface area contributed by atoms with Gasteiger partial charge in [0, 0.05) is 35.3 Å². The molecule has 1 aromatic heterocycles. The van der Waals surface area contributed by atoms with Gasteiger partial charge in [0.1, 0.15) is 0 Å². The maximum absolute atomic E-state index is 12.2. The predicted octanol–water partition coefficient (Wildman–Crippen LogP) is 2.56. The van der Waals surface area contributed by atoms with Gasteiger partial charge in [-0.2, -0.15) is 0 Å². The highest BCUT2D eigenvalue weighted by Gasteiger charge is 2.17. The van der Waals surface area contributed by atoms with E-state index in [-0.39, 0.29) is 5.91 Å². The van der Waals surface area contributed by atoms with Crippen molar-refractivity contribution in [1.82, 2.24) is 10.3 Å². The van der Waals surface area contributed by atoms with Gasteiger partial charge in [-0.25, -0.2) is 0 Å². The van der Waals surface area contributed by atoms with Crippen molar-refractivity contribution in [1.29, 1.82) is 0 Å². The molecule has 0 radical (unpaired) electrons. The quantitative estimate of drug-likeness (QED) is 0.900.